The van der Waals surface area contributed by atoms with Crippen molar-refractivity contribution in [2.75, 3.05) is 18.9 Å². The Morgan fingerprint density at radius 1 is 1.11 bits per heavy atom. The number of nitrogens with one attached hydrogen (secondary N) is 1. The molecule has 0 heterocycles. The van der Waals surface area contributed by atoms with Gasteiger partial charge in [-0.3, -0.25) is 0 Å². The number of rotatable bonds is 5. The highest BCUT2D eigenvalue weighted by Gasteiger charge is 2.53. The molecule has 3 aliphatic carbocycles. The molecule has 0 amide bonds. The molecule has 3 rings (SSSR count). The molecule has 4 nitrogen and oxygen atoms in total. The summed E-state index contributed by atoms with van der Waals surface area (Å²) < 4.78 is 26.3. The summed E-state index contributed by atoms with van der Waals surface area (Å²) >= 11 is 0. The zero-order valence-electron chi connectivity index (χ0n) is 10.7. The molecule has 5 unspecified atom stereocenters. The fourth-order valence-corrected chi connectivity index (χ4v) is 6.43. The number of sulfonamides is 1. The van der Waals surface area contributed by atoms with Gasteiger partial charge in [0.05, 0.1) is 12.4 Å². The van der Waals surface area contributed by atoms with Crippen molar-refractivity contribution in [1.82, 2.24) is 4.72 Å². The number of aliphatic hydroxyl groups is 1. The molecule has 18 heavy (non-hydrogen) atoms. The van der Waals surface area contributed by atoms with Gasteiger partial charge < -0.3 is 5.11 Å². The summed E-state index contributed by atoms with van der Waals surface area (Å²) in [4.78, 5) is 0. The van der Waals surface area contributed by atoms with Crippen LogP contribution in [0.1, 0.15) is 32.1 Å². The van der Waals surface area contributed by atoms with E-state index in [1.165, 1.54) is 25.7 Å². The van der Waals surface area contributed by atoms with Gasteiger partial charge in [0, 0.05) is 6.54 Å². The van der Waals surface area contributed by atoms with E-state index in [0.717, 1.165) is 24.2 Å². The molecule has 2 bridgehead atoms. The Kier molecular flexibility index (Phi) is 3.41. The summed E-state index contributed by atoms with van der Waals surface area (Å²) in [6.07, 6.45) is 6.39. The van der Waals surface area contributed by atoms with Crippen LogP contribution in [0.25, 0.3) is 0 Å². The van der Waals surface area contributed by atoms with Gasteiger partial charge in [0.1, 0.15) is 0 Å². The standard InChI is InChI=1S/C13H23NO3S/c15-6-5-14-18(16,17)8-11-3-4-12-9-1-2-10(7-9)13(11)12/h9-15H,1-8H2. The molecule has 0 aromatic carbocycles. The third-order valence-corrected chi connectivity index (χ3v) is 6.95. The van der Waals surface area contributed by atoms with E-state index < -0.39 is 10.0 Å². The highest BCUT2D eigenvalue weighted by molar-refractivity contribution is 7.89. The first-order valence-electron chi connectivity index (χ1n) is 7.19. The molecule has 2 N–H and O–H groups in total. The minimum absolute atomic E-state index is 0.124. The van der Waals surface area contributed by atoms with E-state index in [1.54, 1.807) is 0 Å². The zero-order chi connectivity index (χ0) is 12.8. The Balaban J connectivity index is 1.64. The average Bonchev–Trinajstić information content (AvgIpc) is 2.99. The van der Waals surface area contributed by atoms with Gasteiger partial charge in [-0.25, -0.2) is 13.1 Å². The highest BCUT2D eigenvalue weighted by Crippen LogP contribution is 2.60. The quantitative estimate of drug-likeness (QED) is 0.784. The van der Waals surface area contributed by atoms with Gasteiger partial charge in [-0.2, -0.15) is 0 Å². The van der Waals surface area contributed by atoms with Crippen LogP contribution in [0.15, 0.2) is 0 Å². The lowest BCUT2D eigenvalue weighted by atomic mass is 9.78. The topological polar surface area (TPSA) is 66.4 Å². The van der Waals surface area contributed by atoms with Gasteiger partial charge >= 0.3 is 0 Å². The van der Waals surface area contributed by atoms with E-state index in [-0.39, 0.29) is 18.9 Å². The van der Waals surface area contributed by atoms with E-state index in [0.29, 0.717) is 11.8 Å². The van der Waals surface area contributed by atoms with Crippen molar-refractivity contribution >= 4 is 10.0 Å². The molecule has 5 heteroatoms. The molecule has 5 atom stereocenters. The fraction of sp³-hybridized carbons (Fsp3) is 1.00. The fourth-order valence-electron chi connectivity index (χ4n) is 4.95. The summed E-state index contributed by atoms with van der Waals surface area (Å²) in [5.41, 5.74) is 0. The summed E-state index contributed by atoms with van der Waals surface area (Å²) in [5, 5.41) is 8.70. The van der Waals surface area contributed by atoms with Crippen LogP contribution in [-0.2, 0) is 10.0 Å². The predicted molar refractivity (Wildman–Crippen MR) is 69.4 cm³/mol. The minimum atomic E-state index is -3.19. The van der Waals surface area contributed by atoms with Gasteiger partial charge in [-0.15, -0.1) is 0 Å². The van der Waals surface area contributed by atoms with Crippen LogP contribution in [0.2, 0.25) is 0 Å². The average molecular weight is 273 g/mol. The van der Waals surface area contributed by atoms with E-state index in [1.807, 2.05) is 0 Å². The van der Waals surface area contributed by atoms with Gasteiger partial charge in [-0.1, -0.05) is 0 Å². The molecule has 3 saturated carbocycles. The van der Waals surface area contributed by atoms with Gasteiger partial charge in [0.25, 0.3) is 0 Å². The normalized spacial score (nSPS) is 42.4. The lowest BCUT2D eigenvalue weighted by Crippen LogP contribution is -2.34. The van der Waals surface area contributed by atoms with Crippen LogP contribution in [-0.4, -0.2) is 32.4 Å². The Hall–Kier alpha value is -0.130. The third-order valence-electron chi connectivity index (χ3n) is 5.44. The van der Waals surface area contributed by atoms with E-state index in [2.05, 4.69) is 4.72 Å². The summed E-state index contributed by atoms with van der Waals surface area (Å²) in [5.74, 6) is 3.84. The van der Waals surface area contributed by atoms with Crippen LogP contribution in [0.5, 0.6) is 0 Å². The zero-order valence-corrected chi connectivity index (χ0v) is 11.5. The summed E-state index contributed by atoms with van der Waals surface area (Å²) in [6, 6.07) is 0. The largest absolute Gasteiger partial charge is 0.395 e. The maximum absolute atomic E-state index is 11.9. The van der Waals surface area contributed by atoms with Crippen molar-refractivity contribution in [3.05, 3.63) is 0 Å². The van der Waals surface area contributed by atoms with Crippen LogP contribution < -0.4 is 4.72 Å². The van der Waals surface area contributed by atoms with Gasteiger partial charge in [0.15, 0.2) is 0 Å². The third kappa shape index (κ3) is 2.21. The van der Waals surface area contributed by atoms with Crippen molar-refractivity contribution in [2.24, 2.45) is 29.6 Å². The lowest BCUT2D eigenvalue weighted by Gasteiger charge is -2.28. The molecule has 0 saturated heterocycles. The maximum atomic E-state index is 11.9. The molecule has 0 spiro atoms. The number of hydrogen-bond donors (Lipinski definition) is 2. The monoisotopic (exact) mass is 273 g/mol. The number of aliphatic hydroxyl groups excluding tert-OH is 1. The highest BCUT2D eigenvalue weighted by atomic mass is 32.2. The Bertz CT molecular complexity index is 408. The van der Waals surface area contributed by atoms with Crippen molar-refractivity contribution in [3.8, 4) is 0 Å². The second-order valence-electron chi connectivity index (χ2n) is 6.31. The van der Waals surface area contributed by atoms with E-state index >= 15 is 0 Å². The maximum Gasteiger partial charge on any atom is 0.211 e. The molecular formula is C13H23NO3S. The molecule has 0 aromatic rings. The minimum Gasteiger partial charge on any atom is -0.395 e. The number of hydrogen-bond acceptors (Lipinski definition) is 3. The molecule has 0 aromatic heterocycles. The second kappa shape index (κ2) is 4.76. The van der Waals surface area contributed by atoms with Crippen molar-refractivity contribution < 1.29 is 13.5 Å². The first kappa shape index (κ1) is 12.9. The molecule has 104 valence electrons. The Morgan fingerprint density at radius 3 is 2.67 bits per heavy atom. The molecular weight excluding hydrogens is 250 g/mol. The second-order valence-corrected chi connectivity index (χ2v) is 8.16. The van der Waals surface area contributed by atoms with Crippen LogP contribution >= 0.6 is 0 Å². The predicted octanol–water partition coefficient (Wildman–Crippen LogP) is 0.970. The Labute approximate surface area is 109 Å². The number of fused-ring (bicyclic) bond motifs is 5. The molecule has 0 aliphatic heterocycles. The smallest absolute Gasteiger partial charge is 0.211 e. The summed E-state index contributed by atoms with van der Waals surface area (Å²) in [7, 11) is -3.19. The Morgan fingerprint density at radius 2 is 1.89 bits per heavy atom. The van der Waals surface area contributed by atoms with Crippen molar-refractivity contribution in [1.29, 1.82) is 0 Å². The first-order chi connectivity index (χ1) is 8.61. The molecule has 3 aliphatic rings. The van der Waals surface area contributed by atoms with Crippen LogP contribution in [0, 0.1) is 29.6 Å². The molecule has 0 radical (unpaired) electrons. The lowest BCUT2D eigenvalue weighted by molar-refractivity contribution is 0.222. The SMILES string of the molecule is O=S(=O)(CC1CCC2C3CCC(C3)C12)NCCO. The first-order valence-corrected chi connectivity index (χ1v) is 8.84. The van der Waals surface area contributed by atoms with Crippen LogP contribution in [0.4, 0.5) is 0 Å². The van der Waals surface area contributed by atoms with Crippen LogP contribution in [0.3, 0.4) is 0 Å². The van der Waals surface area contributed by atoms with Gasteiger partial charge in [-0.05, 0) is 61.7 Å². The van der Waals surface area contributed by atoms with Gasteiger partial charge in [0.2, 0.25) is 10.0 Å². The van der Waals surface area contributed by atoms with E-state index in [4.69, 9.17) is 5.11 Å². The van der Waals surface area contributed by atoms with Crippen molar-refractivity contribution in [2.45, 2.75) is 32.1 Å². The summed E-state index contributed by atoms with van der Waals surface area (Å²) in [6.45, 7) is 0.0237. The van der Waals surface area contributed by atoms with E-state index in [9.17, 15) is 8.42 Å². The molecule has 3 fully saturated rings. The van der Waals surface area contributed by atoms with Crippen molar-refractivity contribution in [3.63, 3.8) is 0 Å².